The first-order valence-corrected chi connectivity index (χ1v) is 3.68. The van der Waals surface area contributed by atoms with Crippen molar-refractivity contribution < 1.29 is 14.1 Å². The largest absolute Gasteiger partial charge is 0.366 e. The molecule has 0 unspecified atom stereocenters. The van der Waals surface area contributed by atoms with Crippen LogP contribution in [0, 0.1) is 22.9 Å². The molecule has 6 heteroatoms. The van der Waals surface area contributed by atoms with Crippen molar-refractivity contribution in [2.24, 2.45) is 5.73 Å². The van der Waals surface area contributed by atoms with Crippen LogP contribution in [-0.2, 0) is 0 Å². The summed E-state index contributed by atoms with van der Waals surface area (Å²) in [6.45, 7) is 1.33. The van der Waals surface area contributed by atoms with Crippen LogP contribution in [0.5, 0.6) is 0 Å². The van der Waals surface area contributed by atoms with Gasteiger partial charge in [-0.05, 0) is 12.5 Å². The Morgan fingerprint density at radius 3 is 2.57 bits per heavy atom. The van der Waals surface area contributed by atoms with E-state index in [4.69, 9.17) is 5.73 Å². The molecule has 0 saturated carbocycles. The second kappa shape index (κ2) is 3.41. The summed E-state index contributed by atoms with van der Waals surface area (Å²) in [4.78, 5) is 20.4. The lowest BCUT2D eigenvalue weighted by Gasteiger charge is -2.01. The predicted molar refractivity (Wildman–Crippen MR) is 46.3 cm³/mol. The number of nitrogens with two attached hydrogens (primary N) is 1. The Morgan fingerprint density at radius 1 is 1.57 bits per heavy atom. The molecule has 0 heterocycles. The van der Waals surface area contributed by atoms with E-state index in [0.717, 1.165) is 12.1 Å². The van der Waals surface area contributed by atoms with E-state index in [9.17, 15) is 19.3 Å². The zero-order valence-corrected chi connectivity index (χ0v) is 7.28. The van der Waals surface area contributed by atoms with Crippen LogP contribution in [0.4, 0.5) is 10.1 Å². The lowest BCUT2D eigenvalue weighted by Crippen LogP contribution is -2.14. The van der Waals surface area contributed by atoms with Crippen LogP contribution in [0.1, 0.15) is 15.9 Å². The standard InChI is InChI=1S/C8H7FN2O3/c1-4-2-5(11(13)14)3-6(7(4)9)8(10)12/h2-3H,1H3,(H2,10,12). The summed E-state index contributed by atoms with van der Waals surface area (Å²) in [6, 6.07) is 1.87. The van der Waals surface area contributed by atoms with Gasteiger partial charge in [0.05, 0.1) is 10.5 Å². The van der Waals surface area contributed by atoms with Crippen molar-refractivity contribution in [1.29, 1.82) is 0 Å². The highest BCUT2D eigenvalue weighted by Crippen LogP contribution is 2.20. The summed E-state index contributed by atoms with van der Waals surface area (Å²) in [5.41, 5.74) is 4.06. The molecule has 0 fully saturated rings. The molecular formula is C8H7FN2O3. The minimum Gasteiger partial charge on any atom is -0.366 e. The number of halogens is 1. The lowest BCUT2D eigenvalue weighted by atomic mass is 10.1. The van der Waals surface area contributed by atoms with Crippen molar-refractivity contribution in [2.45, 2.75) is 6.92 Å². The summed E-state index contributed by atoms with van der Waals surface area (Å²) in [5, 5.41) is 10.4. The predicted octanol–water partition coefficient (Wildman–Crippen LogP) is 1.14. The van der Waals surface area contributed by atoms with Gasteiger partial charge in [-0.15, -0.1) is 0 Å². The minimum atomic E-state index is -1.02. The number of aryl methyl sites for hydroxylation is 1. The normalized spacial score (nSPS) is 9.86. The molecule has 0 spiro atoms. The fraction of sp³-hybridized carbons (Fsp3) is 0.125. The Hall–Kier alpha value is -1.98. The Bertz CT molecular complexity index is 417. The number of carbonyl (C=O) groups excluding carboxylic acids is 1. The number of nitro groups is 1. The second-order valence-electron chi connectivity index (χ2n) is 2.75. The highest BCUT2D eigenvalue weighted by molar-refractivity contribution is 5.94. The number of non-ortho nitro benzene ring substituents is 1. The highest BCUT2D eigenvalue weighted by atomic mass is 19.1. The fourth-order valence-electron chi connectivity index (χ4n) is 1.04. The third kappa shape index (κ3) is 1.68. The van der Waals surface area contributed by atoms with Gasteiger partial charge >= 0.3 is 0 Å². The molecule has 1 aromatic carbocycles. The molecule has 74 valence electrons. The van der Waals surface area contributed by atoms with E-state index in [-0.39, 0.29) is 11.3 Å². The molecule has 0 aromatic heterocycles. The molecule has 2 N–H and O–H groups in total. The molecular weight excluding hydrogens is 191 g/mol. The molecule has 0 aliphatic heterocycles. The van der Waals surface area contributed by atoms with E-state index >= 15 is 0 Å². The number of nitro benzene ring substituents is 1. The topological polar surface area (TPSA) is 86.2 Å². The first-order valence-electron chi connectivity index (χ1n) is 3.68. The number of carbonyl (C=O) groups is 1. The molecule has 0 radical (unpaired) electrons. The van der Waals surface area contributed by atoms with Gasteiger partial charge in [0.15, 0.2) is 0 Å². The summed E-state index contributed by atoms with van der Waals surface area (Å²) < 4.78 is 13.2. The van der Waals surface area contributed by atoms with Crippen molar-refractivity contribution >= 4 is 11.6 Å². The van der Waals surface area contributed by atoms with E-state index in [1.54, 1.807) is 0 Å². The zero-order chi connectivity index (χ0) is 10.9. The molecule has 0 aliphatic rings. The molecule has 14 heavy (non-hydrogen) atoms. The number of rotatable bonds is 2. The van der Waals surface area contributed by atoms with E-state index in [0.29, 0.717) is 0 Å². The maximum Gasteiger partial charge on any atom is 0.270 e. The van der Waals surface area contributed by atoms with E-state index in [2.05, 4.69) is 0 Å². The fourth-order valence-corrected chi connectivity index (χ4v) is 1.04. The Balaban J connectivity index is 3.43. The maximum atomic E-state index is 13.2. The smallest absolute Gasteiger partial charge is 0.270 e. The summed E-state index contributed by atoms with van der Waals surface area (Å²) in [5.74, 6) is -1.84. The van der Waals surface area contributed by atoms with Crippen LogP contribution in [0.2, 0.25) is 0 Å². The van der Waals surface area contributed by atoms with Crippen molar-refractivity contribution in [3.63, 3.8) is 0 Å². The second-order valence-corrected chi connectivity index (χ2v) is 2.75. The molecule has 0 bridgehead atoms. The number of amides is 1. The van der Waals surface area contributed by atoms with Gasteiger partial charge in [-0.1, -0.05) is 0 Å². The molecule has 0 aliphatic carbocycles. The number of primary amides is 1. The van der Waals surface area contributed by atoms with Crippen LogP contribution >= 0.6 is 0 Å². The summed E-state index contributed by atoms with van der Waals surface area (Å²) in [6.07, 6.45) is 0. The van der Waals surface area contributed by atoms with Gasteiger partial charge in [-0.3, -0.25) is 14.9 Å². The zero-order valence-electron chi connectivity index (χ0n) is 7.28. The van der Waals surface area contributed by atoms with E-state index < -0.39 is 22.2 Å². The number of hydrogen-bond donors (Lipinski definition) is 1. The highest BCUT2D eigenvalue weighted by Gasteiger charge is 2.17. The maximum absolute atomic E-state index is 13.2. The van der Waals surface area contributed by atoms with Gasteiger partial charge < -0.3 is 5.73 Å². The molecule has 0 atom stereocenters. The molecule has 1 aromatic rings. The van der Waals surface area contributed by atoms with Crippen molar-refractivity contribution in [2.75, 3.05) is 0 Å². The number of benzene rings is 1. The molecule has 1 rings (SSSR count). The minimum absolute atomic E-state index is 0.0213. The van der Waals surface area contributed by atoms with Gasteiger partial charge in [0.25, 0.3) is 11.6 Å². The van der Waals surface area contributed by atoms with Gasteiger partial charge in [-0.25, -0.2) is 4.39 Å². The summed E-state index contributed by atoms with van der Waals surface area (Å²) in [7, 11) is 0. The van der Waals surface area contributed by atoms with Crippen molar-refractivity contribution in [1.82, 2.24) is 0 Å². The lowest BCUT2D eigenvalue weighted by molar-refractivity contribution is -0.385. The van der Waals surface area contributed by atoms with Gasteiger partial charge in [0, 0.05) is 12.1 Å². The van der Waals surface area contributed by atoms with Gasteiger partial charge in [0.1, 0.15) is 5.82 Å². The van der Waals surface area contributed by atoms with Crippen LogP contribution in [0.25, 0.3) is 0 Å². The quantitative estimate of drug-likeness (QED) is 0.571. The molecule has 0 saturated heterocycles. The van der Waals surface area contributed by atoms with Crippen LogP contribution in [0.15, 0.2) is 12.1 Å². The average Bonchev–Trinajstić information content (AvgIpc) is 2.08. The Morgan fingerprint density at radius 2 is 2.14 bits per heavy atom. The third-order valence-corrected chi connectivity index (χ3v) is 1.72. The molecule has 1 amide bonds. The van der Waals surface area contributed by atoms with Crippen LogP contribution in [-0.4, -0.2) is 10.8 Å². The van der Waals surface area contributed by atoms with Crippen LogP contribution < -0.4 is 5.73 Å². The number of nitrogens with zero attached hydrogens (tertiary/aromatic N) is 1. The van der Waals surface area contributed by atoms with Crippen molar-refractivity contribution in [3.05, 3.63) is 39.2 Å². The third-order valence-electron chi connectivity index (χ3n) is 1.72. The Labute approximate surface area is 78.5 Å². The molecule has 5 nitrogen and oxygen atoms in total. The monoisotopic (exact) mass is 198 g/mol. The summed E-state index contributed by atoms with van der Waals surface area (Å²) >= 11 is 0. The van der Waals surface area contributed by atoms with Gasteiger partial charge in [0.2, 0.25) is 0 Å². The van der Waals surface area contributed by atoms with Crippen LogP contribution in [0.3, 0.4) is 0 Å². The van der Waals surface area contributed by atoms with E-state index in [1.807, 2.05) is 0 Å². The Kier molecular flexibility index (Phi) is 2.46. The first kappa shape index (κ1) is 10.1. The van der Waals surface area contributed by atoms with Gasteiger partial charge in [-0.2, -0.15) is 0 Å². The average molecular weight is 198 g/mol. The van der Waals surface area contributed by atoms with E-state index in [1.165, 1.54) is 6.92 Å². The van der Waals surface area contributed by atoms with Crippen molar-refractivity contribution in [3.8, 4) is 0 Å². The first-order chi connectivity index (χ1) is 6.43. The number of hydrogen-bond acceptors (Lipinski definition) is 3. The SMILES string of the molecule is Cc1cc([N+](=O)[O-])cc(C(N)=O)c1F.